The molecule has 7 heteroatoms. The Balaban J connectivity index is 1.35. The number of ether oxygens (including phenoxy) is 3. The Morgan fingerprint density at radius 1 is 0.972 bits per heavy atom. The van der Waals surface area contributed by atoms with Crippen LogP contribution in [0.5, 0.6) is 17.2 Å². The number of hydrogen-bond acceptors (Lipinski definition) is 6. The molecule has 2 aromatic carbocycles. The number of rotatable bonds is 6. The number of ketones is 1. The summed E-state index contributed by atoms with van der Waals surface area (Å²) >= 11 is 0. The predicted molar refractivity (Wildman–Crippen MR) is 135 cm³/mol. The van der Waals surface area contributed by atoms with Crippen LogP contribution < -0.4 is 14.2 Å². The van der Waals surface area contributed by atoms with E-state index in [1.54, 1.807) is 26.4 Å². The summed E-state index contributed by atoms with van der Waals surface area (Å²) in [5, 5.41) is 0. The Bertz CT molecular complexity index is 1250. The van der Waals surface area contributed by atoms with Crippen molar-refractivity contribution < 1.29 is 23.8 Å². The van der Waals surface area contributed by atoms with Crippen molar-refractivity contribution in [3.8, 4) is 17.2 Å². The molecule has 3 aromatic rings. The third kappa shape index (κ3) is 4.78. The molecule has 7 nitrogen and oxygen atoms in total. The fraction of sp³-hybridized carbons (Fsp3) is 0.345. The third-order valence-electron chi connectivity index (χ3n) is 7.21. The molecule has 1 saturated heterocycles. The fourth-order valence-corrected chi connectivity index (χ4v) is 5.39. The van der Waals surface area contributed by atoms with E-state index in [1.165, 1.54) is 5.56 Å². The first kappa shape index (κ1) is 23.9. The van der Waals surface area contributed by atoms with Gasteiger partial charge in [-0.15, -0.1) is 0 Å². The molecule has 3 heterocycles. The second-order valence-corrected chi connectivity index (χ2v) is 9.33. The maximum atomic E-state index is 13.3. The van der Waals surface area contributed by atoms with Gasteiger partial charge in [0.05, 0.1) is 14.2 Å². The quantitative estimate of drug-likeness (QED) is 0.517. The maximum Gasteiger partial charge on any atom is 0.253 e. The lowest BCUT2D eigenvalue weighted by Gasteiger charge is -2.37. The van der Waals surface area contributed by atoms with Gasteiger partial charge in [-0.3, -0.25) is 14.6 Å². The molecule has 0 bridgehead atoms. The summed E-state index contributed by atoms with van der Waals surface area (Å²) in [5.41, 5.74) is 3.75. The second kappa shape index (κ2) is 10.4. The SMILES string of the molecule is COc1ccc([C@H](c2ccncc2)C2CCN(C(=O)c3ccc4c(c3)CC(=O)CO4)CC2)cc1OC. The molecule has 0 N–H and O–H groups in total. The largest absolute Gasteiger partial charge is 0.493 e. The van der Waals surface area contributed by atoms with E-state index in [0.29, 0.717) is 48.2 Å². The number of aromatic nitrogens is 1. The molecule has 0 aliphatic carbocycles. The highest BCUT2D eigenvalue weighted by Crippen LogP contribution is 2.41. The molecule has 1 atom stereocenters. The van der Waals surface area contributed by atoms with Gasteiger partial charge in [-0.25, -0.2) is 0 Å². The van der Waals surface area contributed by atoms with Crippen LogP contribution in [0, 0.1) is 5.92 Å². The van der Waals surface area contributed by atoms with Crippen LogP contribution in [0.2, 0.25) is 0 Å². The molecule has 1 aromatic heterocycles. The van der Waals surface area contributed by atoms with Crippen LogP contribution in [0.1, 0.15) is 45.8 Å². The van der Waals surface area contributed by atoms with Crippen LogP contribution in [-0.4, -0.2) is 55.5 Å². The molecule has 0 saturated carbocycles. The van der Waals surface area contributed by atoms with Crippen LogP contribution in [0.25, 0.3) is 0 Å². The zero-order valence-electron chi connectivity index (χ0n) is 20.6. The maximum absolute atomic E-state index is 13.3. The number of carbonyl (C=O) groups excluding carboxylic acids is 2. The molecular weight excluding hydrogens is 456 g/mol. The molecule has 2 aliphatic rings. The average Bonchev–Trinajstić information content (AvgIpc) is 2.93. The molecule has 1 fully saturated rings. The van der Waals surface area contributed by atoms with E-state index in [9.17, 15) is 9.59 Å². The molecule has 0 unspecified atom stereocenters. The number of hydrogen-bond donors (Lipinski definition) is 0. The molecule has 186 valence electrons. The van der Waals surface area contributed by atoms with E-state index >= 15 is 0 Å². The Labute approximate surface area is 211 Å². The smallest absolute Gasteiger partial charge is 0.253 e. The first-order chi connectivity index (χ1) is 17.6. The van der Waals surface area contributed by atoms with Crippen LogP contribution >= 0.6 is 0 Å². The molecular formula is C29H30N2O5. The third-order valence-corrected chi connectivity index (χ3v) is 7.21. The number of carbonyl (C=O) groups is 2. The van der Waals surface area contributed by atoms with E-state index in [1.807, 2.05) is 29.4 Å². The van der Waals surface area contributed by atoms with Gasteiger partial charge in [0.1, 0.15) is 12.4 Å². The van der Waals surface area contributed by atoms with Crippen molar-refractivity contribution in [3.63, 3.8) is 0 Å². The number of Topliss-reactive ketones (excluding diaryl/α,β-unsaturated/α-hetero) is 1. The van der Waals surface area contributed by atoms with Crippen molar-refractivity contribution in [2.24, 2.45) is 5.92 Å². The van der Waals surface area contributed by atoms with Gasteiger partial charge in [0.15, 0.2) is 17.3 Å². The lowest BCUT2D eigenvalue weighted by atomic mass is 9.76. The summed E-state index contributed by atoms with van der Waals surface area (Å²) in [6.07, 6.45) is 5.72. The Kier molecular flexibility index (Phi) is 6.89. The zero-order valence-corrected chi connectivity index (χ0v) is 20.6. The minimum Gasteiger partial charge on any atom is -0.493 e. The number of pyridine rings is 1. The number of likely N-dealkylation sites (tertiary alicyclic amines) is 1. The van der Waals surface area contributed by atoms with E-state index < -0.39 is 0 Å². The van der Waals surface area contributed by atoms with Crippen LogP contribution in [0.4, 0.5) is 0 Å². The van der Waals surface area contributed by atoms with E-state index in [2.05, 4.69) is 29.2 Å². The van der Waals surface area contributed by atoms with Crippen molar-refractivity contribution in [1.82, 2.24) is 9.88 Å². The molecule has 36 heavy (non-hydrogen) atoms. The van der Waals surface area contributed by atoms with Crippen molar-refractivity contribution in [2.45, 2.75) is 25.2 Å². The minimum atomic E-state index is 0.000787. The lowest BCUT2D eigenvalue weighted by molar-refractivity contribution is -0.121. The minimum absolute atomic E-state index is 0.000787. The summed E-state index contributed by atoms with van der Waals surface area (Å²) in [6.45, 7) is 1.45. The van der Waals surface area contributed by atoms with Crippen molar-refractivity contribution >= 4 is 11.7 Å². The standard InChI is InChI=1S/C29H30N2O5/c1-34-26-6-3-21(17-27(26)35-2)28(19-7-11-30-12-8-19)20-9-13-31(14-10-20)29(33)22-4-5-25-23(15-22)16-24(32)18-36-25/h3-8,11-12,15,17,20,28H,9-10,13-14,16,18H2,1-2H3/t28-/m1/s1. The Morgan fingerprint density at radius 2 is 1.72 bits per heavy atom. The second-order valence-electron chi connectivity index (χ2n) is 9.33. The number of benzene rings is 2. The number of fused-ring (bicyclic) bond motifs is 1. The van der Waals surface area contributed by atoms with Crippen molar-refractivity contribution in [2.75, 3.05) is 33.9 Å². The van der Waals surface area contributed by atoms with Gasteiger partial charge < -0.3 is 19.1 Å². The van der Waals surface area contributed by atoms with Gasteiger partial charge in [-0.2, -0.15) is 0 Å². The molecule has 2 aliphatic heterocycles. The molecule has 1 amide bonds. The van der Waals surface area contributed by atoms with Gasteiger partial charge >= 0.3 is 0 Å². The van der Waals surface area contributed by atoms with Crippen LogP contribution in [0.15, 0.2) is 60.9 Å². The van der Waals surface area contributed by atoms with Gasteiger partial charge in [-0.05, 0) is 72.4 Å². The number of methoxy groups -OCH3 is 2. The van der Waals surface area contributed by atoms with Gasteiger partial charge in [0.25, 0.3) is 5.91 Å². The highest BCUT2D eigenvalue weighted by molar-refractivity contribution is 5.95. The zero-order chi connectivity index (χ0) is 25.1. The summed E-state index contributed by atoms with van der Waals surface area (Å²) in [6, 6.07) is 15.6. The van der Waals surface area contributed by atoms with Crippen LogP contribution in [0.3, 0.4) is 0 Å². The Hall–Kier alpha value is -3.87. The summed E-state index contributed by atoms with van der Waals surface area (Å²) in [4.78, 5) is 31.2. The first-order valence-corrected chi connectivity index (χ1v) is 12.3. The highest BCUT2D eigenvalue weighted by Gasteiger charge is 2.32. The van der Waals surface area contributed by atoms with E-state index in [4.69, 9.17) is 14.2 Å². The first-order valence-electron chi connectivity index (χ1n) is 12.3. The van der Waals surface area contributed by atoms with Crippen LogP contribution in [-0.2, 0) is 11.2 Å². The molecule has 0 radical (unpaired) electrons. The predicted octanol–water partition coefficient (Wildman–Crippen LogP) is 4.29. The average molecular weight is 487 g/mol. The number of nitrogens with zero attached hydrogens (tertiary/aromatic N) is 2. The van der Waals surface area contributed by atoms with Crippen molar-refractivity contribution in [3.05, 3.63) is 83.2 Å². The number of piperidine rings is 1. The lowest BCUT2D eigenvalue weighted by Crippen LogP contribution is -2.40. The molecule has 5 rings (SSSR count). The summed E-state index contributed by atoms with van der Waals surface area (Å²) in [7, 11) is 3.29. The molecule has 0 spiro atoms. The summed E-state index contributed by atoms with van der Waals surface area (Å²) < 4.78 is 16.5. The van der Waals surface area contributed by atoms with Gasteiger partial charge in [0.2, 0.25) is 0 Å². The van der Waals surface area contributed by atoms with Gasteiger partial charge in [0, 0.05) is 48.9 Å². The normalized spacial score (nSPS) is 16.6. The van der Waals surface area contributed by atoms with E-state index in [0.717, 1.165) is 24.0 Å². The van der Waals surface area contributed by atoms with Gasteiger partial charge in [-0.1, -0.05) is 6.07 Å². The Morgan fingerprint density at radius 3 is 2.44 bits per heavy atom. The number of amides is 1. The highest BCUT2D eigenvalue weighted by atomic mass is 16.5. The monoisotopic (exact) mass is 486 g/mol. The fourth-order valence-electron chi connectivity index (χ4n) is 5.39. The summed E-state index contributed by atoms with van der Waals surface area (Å²) in [5.74, 6) is 2.64. The van der Waals surface area contributed by atoms with Crippen molar-refractivity contribution in [1.29, 1.82) is 0 Å². The van der Waals surface area contributed by atoms with E-state index in [-0.39, 0.29) is 24.2 Å². The topological polar surface area (TPSA) is 78.0 Å².